The van der Waals surface area contributed by atoms with Crippen molar-refractivity contribution < 1.29 is 4.74 Å². The molecule has 0 fully saturated rings. The summed E-state index contributed by atoms with van der Waals surface area (Å²) in [5.74, 6) is 1.11. The fourth-order valence-electron chi connectivity index (χ4n) is 1.60. The lowest BCUT2D eigenvalue weighted by molar-refractivity contribution is 0.379. The molecule has 0 bridgehead atoms. The fraction of sp³-hybridized carbons (Fsp3) is 0.769. The second-order valence-corrected chi connectivity index (χ2v) is 4.83. The van der Waals surface area contributed by atoms with Crippen LogP contribution >= 0.6 is 0 Å². The van der Waals surface area contributed by atoms with Crippen molar-refractivity contribution in [3.63, 3.8) is 0 Å². The van der Waals surface area contributed by atoms with Gasteiger partial charge in [0.25, 0.3) is 0 Å². The van der Waals surface area contributed by atoms with Crippen LogP contribution in [0, 0.1) is 0 Å². The average molecular weight is 282 g/mol. The van der Waals surface area contributed by atoms with Gasteiger partial charge in [-0.3, -0.25) is 0 Å². The first-order valence-electron chi connectivity index (χ1n) is 7.08. The first-order valence-corrected chi connectivity index (χ1v) is 7.08. The number of aromatic nitrogens is 3. The maximum Gasteiger partial charge on any atom is 0.322 e. The van der Waals surface area contributed by atoms with Gasteiger partial charge in [0.05, 0.1) is 7.11 Å². The average Bonchev–Trinajstić information content (AvgIpc) is 2.44. The maximum absolute atomic E-state index is 5.09. The number of ether oxygens (including phenoxy) is 1. The van der Waals surface area contributed by atoms with E-state index in [2.05, 4.69) is 51.5 Å². The van der Waals surface area contributed by atoms with Gasteiger partial charge in [-0.15, -0.1) is 0 Å². The van der Waals surface area contributed by atoms with Gasteiger partial charge < -0.3 is 20.3 Å². The molecule has 2 N–H and O–H groups in total. The Hall–Kier alpha value is -1.63. The first-order chi connectivity index (χ1) is 9.65. The lowest BCUT2D eigenvalue weighted by Crippen LogP contribution is -2.15. The van der Waals surface area contributed by atoms with Crippen molar-refractivity contribution >= 4 is 11.9 Å². The first kappa shape index (κ1) is 16.4. The van der Waals surface area contributed by atoms with Crippen LogP contribution < -0.4 is 15.4 Å². The van der Waals surface area contributed by atoms with E-state index in [4.69, 9.17) is 4.74 Å². The van der Waals surface area contributed by atoms with Crippen molar-refractivity contribution in [2.75, 3.05) is 51.5 Å². The van der Waals surface area contributed by atoms with Crippen molar-refractivity contribution in [1.29, 1.82) is 0 Å². The molecule has 0 aliphatic heterocycles. The van der Waals surface area contributed by atoms with Crippen LogP contribution in [-0.2, 0) is 0 Å². The third-order valence-electron chi connectivity index (χ3n) is 2.65. The van der Waals surface area contributed by atoms with Gasteiger partial charge in [-0.1, -0.05) is 6.92 Å². The maximum atomic E-state index is 5.09. The number of nitrogens with zero attached hydrogens (tertiary/aromatic N) is 4. The van der Waals surface area contributed by atoms with Crippen LogP contribution in [0.3, 0.4) is 0 Å². The molecule has 114 valence electrons. The van der Waals surface area contributed by atoms with Gasteiger partial charge in [0.15, 0.2) is 0 Å². The summed E-state index contributed by atoms with van der Waals surface area (Å²) in [7, 11) is 5.71. The lowest BCUT2D eigenvalue weighted by Gasteiger charge is -2.10. The number of methoxy groups -OCH3 is 1. The molecule has 0 spiro atoms. The molecule has 7 nitrogen and oxygen atoms in total. The molecule has 0 saturated carbocycles. The van der Waals surface area contributed by atoms with E-state index in [1.807, 2.05) is 0 Å². The largest absolute Gasteiger partial charge is 0.467 e. The minimum atomic E-state index is 0.328. The number of nitrogens with one attached hydrogen (secondary N) is 2. The van der Waals surface area contributed by atoms with Crippen LogP contribution in [0.2, 0.25) is 0 Å². The van der Waals surface area contributed by atoms with Gasteiger partial charge in [0.2, 0.25) is 11.9 Å². The Morgan fingerprint density at radius 3 is 2.20 bits per heavy atom. The summed E-state index contributed by atoms with van der Waals surface area (Å²) in [6.07, 6.45) is 3.23. The second kappa shape index (κ2) is 9.30. The van der Waals surface area contributed by atoms with E-state index in [0.29, 0.717) is 17.9 Å². The molecule has 0 aliphatic carbocycles. The summed E-state index contributed by atoms with van der Waals surface area (Å²) < 4.78 is 5.09. The van der Waals surface area contributed by atoms with Crippen LogP contribution in [0.5, 0.6) is 6.01 Å². The second-order valence-electron chi connectivity index (χ2n) is 4.83. The third kappa shape index (κ3) is 6.51. The van der Waals surface area contributed by atoms with E-state index in [0.717, 1.165) is 38.9 Å². The van der Waals surface area contributed by atoms with Crippen molar-refractivity contribution in [1.82, 2.24) is 19.9 Å². The molecule has 1 heterocycles. The van der Waals surface area contributed by atoms with Gasteiger partial charge in [-0.2, -0.15) is 15.0 Å². The molecule has 0 amide bonds. The zero-order valence-electron chi connectivity index (χ0n) is 12.9. The van der Waals surface area contributed by atoms with Crippen LogP contribution in [0.15, 0.2) is 0 Å². The van der Waals surface area contributed by atoms with E-state index in [-0.39, 0.29) is 0 Å². The number of hydrogen-bond donors (Lipinski definition) is 2. The van der Waals surface area contributed by atoms with Gasteiger partial charge >= 0.3 is 6.01 Å². The van der Waals surface area contributed by atoms with Crippen molar-refractivity contribution in [2.45, 2.75) is 26.2 Å². The number of anilines is 2. The fourth-order valence-corrected chi connectivity index (χ4v) is 1.60. The Morgan fingerprint density at radius 1 is 1.00 bits per heavy atom. The van der Waals surface area contributed by atoms with Crippen LogP contribution in [0.1, 0.15) is 26.2 Å². The molecular weight excluding hydrogens is 256 g/mol. The highest BCUT2D eigenvalue weighted by molar-refractivity contribution is 5.35. The van der Waals surface area contributed by atoms with Gasteiger partial charge in [0, 0.05) is 13.1 Å². The molecule has 0 atom stereocenters. The Labute approximate surface area is 121 Å². The van der Waals surface area contributed by atoms with Gasteiger partial charge in [-0.05, 0) is 39.9 Å². The minimum absolute atomic E-state index is 0.328. The highest BCUT2D eigenvalue weighted by Crippen LogP contribution is 2.10. The van der Waals surface area contributed by atoms with Gasteiger partial charge in [-0.25, -0.2) is 0 Å². The molecule has 1 aromatic heterocycles. The summed E-state index contributed by atoms with van der Waals surface area (Å²) in [6.45, 7) is 4.85. The molecular formula is C13H26N6O. The zero-order valence-corrected chi connectivity index (χ0v) is 12.9. The Bertz CT molecular complexity index is 385. The predicted molar refractivity (Wildman–Crippen MR) is 81.4 cm³/mol. The molecule has 0 radical (unpaired) electrons. The Kier molecular flexibility index (Phi) is 7.64. The molecule has 0 unspecified atom stereocenters. The normalized spacial score (nSPS) is 10.7. The lowest BCUT2D eigenvalue weighted by atomic mass is 10.3. The summed E-state index contributed by atoms with van der Waals surface area (Å²) in [5, 5.41) is 6.35. The number of unbranched alkanes of at least 4 members (excludes halogenated alkanes) is 1. The number of rotatable bonds is 10. The van der Waals surface area contributed by atoms with E-state index >= 15 is 0 Å². The number of hydrogen-bond acceptors (Lipinski definition) is 7. The topological polar surface area (TPSA) is 75.2 Å². The standard InChI is InChI=1S/C13H26N6O/c1-5-8-14-11-16-12(18-13(17-11)20-4)15-9-6-7-10-19(2)3/h5-10H2,1-4H3,(H2,14,15,16,17,18). The SMILES string of the molecule is CCCNc1nc(NCCCCN(C)C)nc(OC)n1. The van der Waals surface area contributed by atoms with Gasteiger partial charge in [0.1, 0.15) is 0 Å². The monoisotopic (exact) mass is 282 g/mol. The molecule has 7 heteroatoms. The molecule has 20 heavy (non-hydrogen) atoms. The van der Waals surface area contributed by atoms with Crippen molar-refractivity contribution in [3.8, 4) is 6.01 Å². The molecule has 0 aromatic carbocycles. The summed E-state index contributed by atoms with van der Waals surface area (Å²) >= 11 is 0. The predicted octanol–water partition coefficient (Wildman–Crippen LogP) is 1.46. The van der Waals surface area contributed by atoms with Crippen molar-refractivity contribution in [3.05, 3.63) is 0 Å². The van der Waals surface area contributed by atoms with Crippen LogP contribution in [0.4, 0.5) is 11.9 Å². The molecule has 1 rings (SSSR count). The summed E-state index contributed by atoms with van der Waals surface area (Å²) in [4.78, 5) is 14.8. The highest BCUT2D eigenvalue weighted by Gasteiger charge is 2.05. The van der Waals surface area contributed by atoms with E-state index in [9.17, 15) is 0 Å². The Balaban J connectivity index is 2.46. The Morgan fingerprint density at radius 2 is 1.65 bits per heavy atom. The van der Waals surface area contributed by atoms with E-state index < -0.39 is 0 Å². The molecule has 0 saturated heterocycles. The molecule has 1 aromatic rings. The van der Waals surface area contributed by atoms with Crippen LogP contribution in [-0.4, -0.2) is 60.7 Å². The summed E-state index contributed by atoms with van der Waals surface area (Å²) in [6, 6.07) is 0.328. The van der Waals surface area contributed by atoms with E-state index in [1.165, 1.54) is 0 Å². The van der Waals surface area contributed by atoms with Crippen LogP contribution in [0.25, 0.3) is 0 Å². The quantitative estimate of drug-likeness (QED) is 0.629. The molecule has 0 aliphatic rings. The smallest absolute Gasteiger partial charge is 0.322 e. The zero-order chi connectivity index (χ0) is 14.8. The third-order valence-corrected chi connectivity index (χ3v) is 2.65. The van der Waals surface area contributed by atoms with Crippen molar-refractivity contribution in [2.24, 2.45) is 0 Å². The minimum Gasteiger partial charge on any atom is -0.467 e. The summed E-state index contributed by atoms with van der Waals surface area (Å²) in [5.41, 5.74) is 0. The highest BCUT2D eigenvalue weighted by atomic mass is 16.5. The van der Waals surface area contributed by atoms with E-state index in [1.54, 1.807) is 7.11 Å².